The Morgan fingerprint density at radius 1 is 1.14 bits per heavy atom. The van der Waals surface area contributed by atoms with E-state index in [-0.39, 0.29) is 0 Å². The average molecular weight is 391 g/mol. The van der Waals surface area contributed by atoms with Crippen LogP contribution in [0.4, 0.5) is 0 Å². The molecule has 1 aromatic rings. The van der Waals surface area contributed by atoms with Crippen molar-refractivity contribution < 1.29 is 9.47 Å². The van der Waals surface area contributed by atoms with Gasteiger partial charge in [-0.05, 0) is 43.9 Å². The zero-order chi connectivity index (χ0) is 20.0. The van der Waals surface area contributed by atoms with E-state index in [9.17, 15) is 0 Å². The maximum Gasteiger partial charge on any atom is 0.191 e. The van der Waals surface area contributed by atoms with Crippen LogP contribution in [0.2, 0.25) is 0 Å². The Hall–Kier alpha value is -1.63. The topological polar surface area (TPSA) is 58.1 Å². The summed E-state index contributed by atoms with van der Waals surface area (Å²) in [5.74, 6) is 0.882. The lowest BCUT2D eigenvalue weighted by molar-refractivity contribution is 0.0453. The summed E-state index contributed by atoms with van der Waals surface area (Å²) in [5.41, 5.74) is 2.41. The van der Waals surface area contributed by atoms with E-state index in [4.69, 9.17) is 9.47 Å². The minimum absolute atomic E-state index is 0.504. The second-order valence-electron chi connectivity index (χ2n) is 7.26. The molecule has 1 heterocycles. The second kappa shape index (κ2) is 13.5. The zero-order valence-electron chi connectivity index (χ0n) is 17.9. The van der Waals surface area contributed by atoms with Gasteiger partial charge in [-0.25, -0.2) is 0 Å². The molecule has 1 aliphatic rings. The number of piperidine rings is 1. The van der Waals surface area contributed by atoms with E-state index in [1.54, 1.807) is 0 Å². The van der Waals surface area contributed by atoms with Crippen LogP contribution in [0.3, 0.4) is 0 Å². The first-order chi connectivity index (χ1) is 13.7. The molecule has 6 nitrogen and oxygen atoms in total. The third kappa shape index (κ3) is 8.59. The summed E-state index contributed by atoms with van der Waals surface area (Å²) in [7, 11) is 1.84. The van der Waals surface area contributed by atoms with Crippen LogP contribution in [0.5, 0.6) is 0 Å². The summed E-state index contributed by atoms with van der Waals surface area (Å²) < 4.78 is 11.0. The summed E-state index contributed by atoms with van der Waals surface area (Å²) in [6.45, 7) is 11.2. The van der Waals surface area contributed by atoms with Gasteiger partial charge in [0.05, 0.1) is 19.8 Å². The van der Waals surface area contributed by atoms with Gasteiger partial charge in [0.2, 0.25) is 0 Å². The lowest BCUT2D eigenvalue weighted by atomic mass is 10.1. The lowest BCUT2D eigenvalue weighted by Crippen LogP contribution is -2.48. The molecule has 0 amide bonds. The van der Waals surface area contributed by atoms with E-state index < -0.39 is 0 Å². The number of hydrogen-bond acceptors (Lipinski definition) is 4. The number of nitrogens with zero attached hydrogens (tertiary/aromatic N) is 2. The fourth-order valence-corrected chi connectivity index (χ4v) is 3.47. The van der Waals surface area contributed by atoms with Gasteiger partial charge in [-0.3, -0.25) is 4.99 Å². The van der Waals surface area contributed by atoms with Crippen LogP contribution in [0.1, 0.15) is 44.2 Å². The summed E-state index contributed by atoms with van der Waals surface area (Å²) in [6, 6.07) is 9.00. The molecule has 158 valence electrons. The van der Waals surface area contributed by atoms with Gasteiger partial charge >= 0.3 is 0 Å². The van der Waals surface area contributed by atoms with Crippen LogP contribution in [0, 0.1) is 0 Å². The van der Waals surface area contributed by atoms with Gasteiger partial charge in [-0.1, -0.05) is 31.2 Å². The minimum atomic E-state index is 0.504. The molecule has 0 unspecified atom stereocenters. The molecule has 0 radical (unpaired) electrons. The number of benzene rings is 1. The summed E-state index contributed by atoms with van der Waals surface area (Å²) in [6.07, 6.45) is 3.59. The Balaban J connectivity index is 1.72. The molecule has 1 aromatic carbocycles. The van der Waals surface area contributed by atoms with E-state index in [0.717, 1.165) is 19.1 Å². The molecular weight excluding hydrogens is 352 g/mol. The number of rotatable bonds is 11. The molecule has 1 saturated heterocycles. The molecule has 0 bridgehead atoms. The Morgan fingerprint density at radius 2 is 1.89 bits per heavy atom. The normalized spacial score (nSPS) is 16.3. The highest BCUT2D eigenvalue weighted by atomic mass is 16.5. The van der Waals surface area contributed by atoms with Crippen molar-refractivity contribution in [3.05, 3.63) is 35.4 Å². The van der Waals surface area contributed by atoms with Crippen molar-refractivity contribution in [3.8, 4) is 0 Å². The van der Waals surface area contributed by atoms with Crippen molar-refractivity contribution >= 4 is 5.96 Å². The van der Waals surface area contributed by atoms with Crippen molar-refractivity contribution in [1.29, 1.82) is 0 Å². The van der Waals surface area contributed by atoms with Gasteiger partial charge in [-0.2, -0.15) is 0 Å². The first kappa shape index (κ1) is 22.7. The molecule has 6 heteroatoms. The molecule has 28 heavy (non-hydrogen) atoms. The molecule has 2 rings (SSSR count). The van der Waals surface area contributed by atoms with Gasteiger partial charge in [0.1, 0.15) is 0 Å². The van der Waals surface area contributed by atoms with Gasteiger partial charge < -0.3 is 25.0 Å². The predicted octanol–water partition coefficient (Wildman–Crippen LogP) is 2.78. The largest absolute Gasteiger partial charge is 0.379 e. The van der Waals surface area contributed by atoms with Crippen molar-refractivity contribution in [1.82, 2.24) is 15.5 Å². The van der Waals surface area contributed by atoms with Crippen LogP contribution in [-0.4, -0.2) is 63.4 Å². The van der Waals surface area contributed by atoms with Crippen LogP contribution in [-0.2, 0) is 22.6 Å². The lowest BCUT2D eigenvalue weighted by Gasteiger charge is -2.32. The predicted molar refractivity (Wildman–Crippen MR) is 116 cm³/mol. The smallest absolute Gasteiger partial charge is 0.191 e. The summed E-state index contributed by atoms with van der Waals surface area (Å²) in [4.78, 5) is 6.95. The Labute approximate surface area is 170 Å². The van der Waals surface area contributed by atoms with Crippen molar-refractivity contribution in [3.63, 3.8) is 0 Å². The van der Waals surface area contributed by atoms with E-state index in [1.165, 1.54) is 50.0 Å². The zero-order valence-corrected chi connectivity index (χ0v) is 17.9. The first-order valence-corrected chi connectivity index (χ1v) is 10.7. The first-order valence-electron chi connectivity index (χ1n) is 10.7. The average Bonchev–Trinajstić information content (AvgIpc) is 2.73. The fourth-order valence-electron chi connectivity index (χ4n) is 3.47. The van der Waals surface area contributed by atoms with Gasteiger partial charge in [0, 0.05) is 39.3 Å². The fraction of sp³-hybridized carbons (Fsp3) is 0.682. The molecule has 0 spiro atoms. The number of guanidine groups is 1. The molecule has 0 atom stereocenters. The molecule has 2 N–H and O–H groups in total. The van der Waals surface area contributed by atoms with Gasteiger partial charge in [0.15, 0.2) is 5.96 Å². The highest BCUT2D eigenvalue weighted by Gasteiger charge is 2.19. The number of nitrogens with one attached hydrogen (secondary N) is 2. The minimum Gasteiger partial charge on any atom is -0.379 e. The maximum absolute atomic E-state index is 5.66. The SMILES string of the molecule is CCCN1CCC(NC(=NC)NCc2cccc(COCCOCC)c2)CC1. The van der Waals surface area contributed by atoms with Crippen LogP contribution in [0.25, 0.3) is 0 Å². The molecule has 0 aromatic heterocycles. The number of hydrogen-bond donors (Lipinski definition) is 2. The van der Waals surface area contributed by atoms with E-state index in [1.807, 2.05) is 14.0 Å². The van der Waals surface area contributed by atoms with Crippen LogP contribution < -0.4 is 10.6 Å². The molecule has 0 aliphatic carbocycles. The number of ether oxygens (including phenoxy) is 2. The Morgan fingerprint density at radius 3 is 2.61 bits per heavy atom. The molecule has 1 aliphatic heterocycles. The van der Waals surface area contributed by atoms with Gasteiger partial charge in [0.25, 0.3) is 0 Å². The van der Waals surface area contributed by atoms with Crippen molar-refractivity contribution in [2.75, 3.05) is 46.5 Å². The van der Waals surface area contributed by atoms with Crippen molar-refractivity contribution in [2.24, 2.45) is 4.99 Å². The maximum atomic E-state index is 5.66. The molecule has 0 saturated carbocycles. The van der Waals surface area contributed by atoms with Crippen LogP contribution >= 0.6 is 0 Å². The molecule has 1 fully saturated rings. The third-order valence-corrected chi connectivity index (χ3v) is 4.99. The van der Waals surface area contributed by atoms with Crippen LogP contribution in [0.15, 0.2) is 29.3 Å². The van der Waals surface area contributed by atoms with E-state index in [0.29, 0.717) is 25.9 Å². The molecular formula is C22H38N4O2. The monoisotopic (exact) mass is 390 g/mol. The summed E-state index contributed by atoms with van der Waals surface area (Å²) in [5, 5.41) is 7.03. The summed E-state index contributed by atoms with van der Waals surface area (Å²) >= 11 is 0. The second-order valence-corrected chi connectivity index (χ2v) is 7.26. The standard InChI is InChI=1S/C22H38N4O2/c1-4-11-26-12-9-21(10-13-26)25-22(23-3)24-17-19-7-6-8-20(16-19)18-28-15-14-27-5-2/h6-8,16,21H,4-5,9-15,17-18H2,1-3H3,(H2,23,24,25). The Bertz CT molecular complexity index is 571. The Kier molecular flexibility index (Phi) is 10.9. The van der Waals surface area contributed by atoms with E-state index >= 15 is 0 Å². The third-order valence-electron chi connectivity index (χ3n) is 4.99. The quantitative estimate of drug-likeness (QED) is 0.346. The van der Waals surface area contributed by atoms with Crippen molar-refractivity contribution in [2.45, 2.75) is 52.3 Å². The highest BCUT2D eigenvalue weighted by Crippen LogP contribution is 2.11. The highest BCUT2D eigenvalue weighted by molar-refractivity contribution is 5.79. The number of aliphatic imine (C=N–C) groups is 1. The van der Waals surface area contributed by atoms with E-state index in [2.05, 4.69) is 51.7 Å². The van der Waals surface area contributed by atoms with Gasteiger partial charge in [-0.15, -0.1) is 0 Å². The number of likely N-dealkylation sites (tertiary alicyclic amines) is 1.